The summed E-state index contributed by atoms with van der Waals surface area (Å²) in [7, 11) is 0. The molecule has 0 saturated carbocycles. The van der Waals surface area contributed by atoms with Gasteiger partial charge >= 0.3 is 0 Å². The molecule has 0 saturated heterocycles. The van der Waals surface area contributed by atoms with E-state index >= 15 is 0 Å². The molecule has 0 amide bonds. The van der Waals surface area contributed by atoms with E-state index in [1.54, 1.807) is 0 Å². The van der Waals surface area contributed by atoms with E-state index in [1.165, 1.54) is 0 Å². The first-order valence-electron chi connectivity index (χ1n) is 8.36. The van der Waals surface area contributed by atoms with Gasteiger partial charge in [0, 0.05) is 16.2 Å². The first-order valence-corrected chi connectivity index (χ1v) is 8.81. The Morgan fingerprint density at radius 3 is 1.81 bits per heavy atom. The number of nitrogens with zero attached hydrogens (tertiary/aromatic N) is 2. The molecule has 0 bridgehead atoms. The Balaban J connectivity index is 2.03. The largest absolute Gasteiger partial charge is 0.233 e. The van der Waals surface area contributed by atoms with E-state index in [0.29, 0.717) is 11.5 Å². The number of amidine groups is 1. The lowest BCUT2D eigenvalue weighted by Gasteiger charge is -2.07. The zero-order valence-corrected chi connectivity index (χ0v) is 15.5. The van der Waals surface area contributed by atoms with Crippen molar-refractivity contribution in [1.82, 2.24) is 0 Å². The standard InChI is InChI=1S/C23H20N2S/c1-17(19-9-5-3-6-10-19)24-23(21-13-15-22(26)16-14-21)25-18(2)20-11-7-4-8-12-20/h3-16,26H,1H2,2H3/b24-23-,25-18+. The monoisotopic (exact) mass is 356 g/mol. The summed E-state index contributed by atoms with van der Waals surface area (Å²) in [4.78, 5) is 10.4. The van der Waals surface area contributed by atoms with Gasteiger partial charge in [0.05, 0.1) is 5.70 Å². The van der Waals surface area contributed by atoms with Crippen LogP contribution in [-0.4, -0.2) is 11.5 Å². The fraction of sp³-hybridized carbons (Fsp3) is 0.0435. The zero-order chi connectivity index (χ0) is 18.4. The Hall–Kier alpha value is -2.91. The van der Waals surface area contributed by atoms with E-state index in [2.05, 4.69) is 19.2 Å². The zero-order valence-electron chi connectivity index (χ0n) is 14.6. The highest BCUT2D eigenvalue weighted by molar-refractivity contribution is 7.80. The third-order valence-electron chi connectivity index (χ3n) is 3.94. The van der Waals surface area contributed by atoms with Gasteiger partial charge in [0.15, 0.2) is 5.84 Å². The molecular weight excluding hydrogens is 336 g/mol. The molecule has 0 aliphatic carbocycles. The summed E-state index contributed by atoms with van der Waals surface area (Å²) in [5.41, 5.74) is 4.55. The summed E-state index contributed by atoms with van der Waals surface area (Å²) in [5, 5.41) is 0. The minimum Gasteiger partial charge on any atom is -0.233 e. The molecule has 0 heterocycles. The van der Waals surface area contributed by atoms with E-state index in [-0.39, 0.29) is 0 Å². The molecule has 0 spiro atoms. The fourth-order valence-corrected chi connectivity index (χ4v) is 2.64. The van der Waals surface area contributed by atoms with Crippen molar-refractivity contribution in [3.63, 3.8) is 0 Å². The summed E-state index contributed by atoms with van der Waals surface area (Å²) >= 11 is 4.36. The highest BCUT2D eigenvalue weighted by Crippen LogP contribution is 2.17. The molecule has 0 atom stereocenters. The number of rotatable bonds is 4. The SMILES string of the molecule is C=C(/N=C(\N=C(/C)c1ccccc1)c1ccc(S)cc1)c1ccccc1. The van der Waals surface area contributed by atoms with Gasteiger partial charge in [-0.25, -0.2) is 9.98 Å². The van der Waals surface area contributed by atoms with E-state index < -0.39 is 0 Å². The van der Waals surface area contributed by atoms with Gasteiger partial charge in [0.1, 0.15) is 0 Å². The lowest BCUT2D eigenvalue weighted by molar-refractivity contribution is 1.41. The van der Waals surface area contributed by atoms with Crippen molar-refractivity contribution in [2.24, 2.45) is 9.98 Å². The molecule has 0 aliphatic heterocycles. The van der Waals surface area contributed by atoms with Gasteiger partial charge in [-0.15, -0.1) is 12.6 Å². The average Bonchev–Trinajstić information content (AvgIpc) is 2.69. The van der Waals surface area contributed by atoms with Gasteiger partial charge < -0.3 is 0 Å². The van der Waals surface area contributed by atoms with Crippen LogP contribution in [0.15, 0.2) is 106 Å². The number of benzene rings is 3. The van der Waals surface area contributed by atoms with Crippen LogP contribution < -0.4 is 0 Å². The third-order valence-corrected chi connectivity index (χ3v) is 4.24. The molecule has 3 heteroatoms. The van der Waals surface area contributed by atoms with Gasteiger partial charge in [-0.3, -0.25) is 0 Å². The van der Waals surface area contributed by atoms with Crippen LogP contribution in [0.25, 0.3) is 5.70 Å². The predicted octanol–water partition coefficient (Wildman–Crippen LogP) is 5.90. The van der Waals surface area contributed by atoms with Crippen molar-refractivity contribution in [3.8, 4) is 0 Å². The Morgan fingerprint density at radius 2 is 1.23 bits per heavy atom. The molecule has 0 N–H and O–H groups in total. The fourth-order valence-electron chi connectivity index (χ4n) is 2.49. The first-order chi connectivity index (χ1) is 12.6. The molecule has 128 valence electrons. The Morgan fingerprint density at radius 1 is 0.692 bits per heavy atom. The maximum Gasteiger partial charge on any atom is 0.160 e. The van der Waals surface area contributed by atoms with Crippen molar-refractivity contribution < 1.29 is 0 Å². The van der Waals surface area contributed by atoms with Gasteiger partial charge in [0.2, 0.25) is 0 Å². The maximum atomic E-state index is 4.79. The van der Waals surface area contributed by atoms with Gasteiger partial charge in [-0.1, -0.05) is 79.4 Å². The Bertz CT molecular complexity index is 941. The van der Waals surface area contributed by atoms with E-state index in [0.717, 1.165) is 27.3 Å². The third kappa shape index (κ3) is 4.58. The van der Waals surface area contributed by atoms with Crippen LogP contribution in [-0.2, 0) is 0 Å². The van der Waals surface area contributed by atoms with Crippen LogP contribution in [0.2, 0.25) is 0 Å². The topological polar surface area (TPSA) is 24.7 Å². The summed E-state index contributed by atoms with van der Waals surface area (Å²) in [6.07, 6.45) is 0. The van der Waals surface area contributed by atoms with Crippen LogP contribution in [0, 0.1) is 0 Å². The van der Waals surface area contributed by atoms with Crippen LogP contribution in [0.5, 0.6) is 0 Å². The first kappa shape index (κ1) is 17.9. The van der Waals surface area contributed by atoms with Crippen molar-refractivity contribution in [2.45, 2.75) is 11.8 Å². The van der Waals surface area contributed by atoms with Gasteiger partial charge in [-0.05, 0) is 30.2 Å². The minimum absolute atomic E-state index is 0.633. The Kier molecular flexibility index (Phi) is 5.82. The summed E-state index contributed by atoms with van der Waals surface area (Å²) in [6, 6.07) is 27.8. The summed E-state index contributed by atoms with van der Waals surface area (Å²) in [5.74, 6) is 0.633. The maximum absolute atomic E-state index is 4.79. The Labute approximate surface area is 160 Å². The van der Waals surface area contributed by atoms with Crippen LogP contribution in [0.3, 0.4) is 0 Å². The molecule has 0 unspecified atom stereocenters. The molecule has 0 fully saturated rings. The van der Waals surface area contributed by atoms with Crippen LogP contribution in [0.1, 0.15) is 23.6 Å². The summed E-state index contributed by atoms with van der Waals surface area (Å²) < 4.78 is 0. The van der Waals surface area contributed by atoms with Crippen molar-refractivity contribution >= 4 is 29.9 Å². The number of thiol groups is 1. The molecule has 26 heavy (non-hydrogen) atoms. The van der Waals surface area contributed by atoms with Crippen molar-refractivity contribution in [1.29, 1.82) is 0 Å². The molecule has 0 radical (unpaired) electrons. The number of hydrogen-bond acceptors (Lipinski definition) is 2. The molecule has 3 aromatic carbocycles. The number of hydrogen-bond donors (Lipinski definition) is 1. The smallest absolute Gasteiger partial charge is 0.160 e. The molecule has 3 rings (SSSR count). The van der Waals surface area contributed by atoms with E-state index in [1.807, 2.05) is 91.9 Å². The van der Waals surface area contributed by atoms with Gasteiger partial charge in [-0.2, -0.15) is 0 Å². The lowest BCUT2D eigenvalue weighted by atomic mass is 10.1. The second-order valence-electron chi connectivity index (χ2n) is 5.86. The molecule has 0 aromatic heterocycles. The number of aliphatic imine (C=N–C) groups is 2. The second kappa shape index (κ2) is 8.45. The normalized spacial score (nSPS) is 12.1. The average molecular weight is 356 g/mol. The quantitative estimate of drug-likeness (QED) is 0.342. The molecule has 3 aromatic rings. The second-order valence-corrected chi connectivity index (χ2v) is 6.37. The molecular formula is C23H20N2S. The van der Waals surface area contributed by atoms with Crippen molar-refractivity contribution in [3.05, 3.63) is 108 Å². The van der Waals surface area contributed by atoms with E-state index in [9.17, 15) is 0 Å². The molecule has 0 aliphatic rings. The van der Waals surface area contributed by atoms with Gasteiger partial charge in [0.25, 0.3) is 0 Å². The molecule has 2 nitrogen and oxygen atoms in total. The van der Waals surface area contributed by atoms with Crippen molar-refractivity contribution in [2.75, 3.05) is 0 Å². The van der Waals surface area contributed by atoms with Crippen LogP contribution >= 0.6 is 12.6 Å². The predicted molar refractivity (Wildman–Crippen MR) is 114 cm³/mol. The summed E-state index contributed by atoms with van der Waals surface area (Å²) in [6.45, 7) is 6.11. The van der Waals surface area contributed by atoms with Crippen LogP contribution in [0.4, 0.5) is 0 Å². The highest BCUT2D eigenvalue weighted by atomic mass is 32.1. The lowest BCUT2D eigenvalue weighted by Crippen LogP contribution is -2.04. The highest BCUT2D eigenvalue weighted by Gasteiger charge is 2.06. The minimum atomic E-state index is 0.633. The van der Waals surface area contributed by atoms with E-state index in [4.69, 9.17) is 9.98 Å².